The Morgan fingerprint density at radius 1 is 1.50 bits per heavy atom. The van der Waals surface area contributed by atoms with E-state index in [-0.39, 0.29) is 0 Å². The minimum Gasteiger partial charge on any atom is -0.507 e. The van der Waals surface area contributed by atoms with Gasteiger partial charge in [-0.15, -0.1) is 0 Å². The van der Waals surface area contributed by atoms with Gasteiger partial charge in [-0.05, 0) is 62.9 Å². The van der Waals surface area contributed by atoms with E-state index in [4.69, 9.17) is 0 Å². The van der Waals surface area contributed by atoms with Gasteiger partial charge in [0.1, 0.15) is 5.75 Å². The van der Waals surface area contributed by atoms with Crippen LogP contribution in [0, 0.1) is 19.8 Å². The minimum atomic E-state index is 0.471. The van der Waals surface area contributed by atoms with E-state index in [0.29, 0.717) is 11.7 Å². The summed E-state index contributed by atoms with van der Waals surface area (Å²) < 4.78 is 0.996. The van der Waals surface area contributed by atoms with Crippen LogP contribution in [0.5, 0.6) is 5.75 Å². The van der Waals surface area contributed by atoms with Crippen molar-refractivity contribution in [3.63, 3.8) is 0 Å². The summed E-state index contributed by atoms with van der Waals surface area (Å²) in [6, 6.07) is 2.10. The second-order valence-corrected chi connectivity index (χ2v) is 5.54. The van der Waals surface area contributed by atoms with Crippen LogP contribution in [0.1, 0.15) is 23.1 Å². The van der Waals surface area contributed by atoms with Gasteiger partial charge in [-0.3, -0.25) is 0 Å². The van der Waals surface area contributed by atoms with Gasteiger partial charge in [0, 0.05) is 10.0 Å². The van der Waals surface area contributed by atoms with E-state index in [1.54, 1.807) is 0 Å². The van der Waals surface area contributed by atoms with Crippen molar-refractivity contribution in [2.75, 3.05) is 13.1 Å². The van der Waals surface area contributed by atoms with Gasteiger partial charge in [0.15, 0.2) is 0 Å². The van der Waals surface area contributed by atoms with Crippen LogP contribution in [-0.2, 0) is 6.42 Å². The number of benzene rings is 1. The first-order valence-corrected chi connectivity index (χ1v) is 6.57. The van der Waals surface area contributed by atoms with Gasteiger partial charge in [0.2, 0.25) is 0 Å². The molecule has 0 saturated carbocycles. The molecule has 2 nitrogen and oxygen atoms in total. The average molecular weight is 284 g/mol. The second kappa shape index (κ2) is 4.76. The highest BCUT2D eigenvalue weighted by atomic mass is 79.9. The van der Waals surface area contributed by atoms with E-state index in [9.17, 15) is 5.11 Å². The zero-order chi connectivity index (χ0) is 11.7. The van der Waals surface area contributed by atoms with Gasteiger partial charge >= 0.3 is 0 Å². The Hall–Kier alpha value is -0.540. The first-order chi connectivity index (χ1) is 7.59. The van der Waals surface area contributed by atoms with E-state index in [1.807, 2.05) is 6.92 Å². The van der Waals surface area contributed by atoms with E-state index < -0.39 is 0 Å². The van der Waals surface area contributed by atoms with Crippen molar-refractivity contribution in [2.45, 2.75) is 26.7 Å². The van der Waals surface area contributed by atoms with Gasteiger partial charge in [0.25, 0.3) is 0 Å². The fraction of sp³-hybridized carbons (Fsp3) is 0.538. The molecule has 1 aliphatic heterocycles. The second-order valence-electron chi connectivity index (χ2n) is 4.69. The lowest BCUT2D eigenvalue weighted by atomic mass is 9.93. The molecule has 0 radical (unpaired) electrons. The maximum absolute atomic E-state index is 10.2. The van der Waals surface area contributed by atoms with Gasteiger partial charge in [0.05, 0.1) is 0 Å². The van der Waals surface area contributed by atoms with Gasteiger partial charge in [-0.25, -0.2) is 0 Å². The van der Waals surface area contributed by atoms with Crippen LogP contribution < -0.4 is 5.32 Å². The molecule has 1 fully saturated rings. The molecule has 16 heavy (non-hydrogen) atoms. The minimum absolute atomic E-state index is 0.471. The summed E-state index contributed by atoms with van der Waals surface area (Å²) >= 11 is 3.47. The molecular weight excluding hydrogens is 266 g/mol. The molecule has 0 spiro atoms. The van der Waals surface area contributed by atoms with Crippen molar-refractivity contribution in [2.24, 2.45) is 5.92 Å². The van der Waals surface area contributed by atoms with Crippen molar-refractivity contribution in [1.82, 2.24) is 5.32 Å². The molecule has 0 aromatic heterocycles. The molecule has 1 aliphatic rings. The van der Waals surface area contributed by atoms with Crippen molar-refractivity contribution < 1.29 is 5.11 Å². The fourth-order valence-electron chi connectivity index (χ4n) is 2.35. The molecule has 1 aromatic rings. The number of nitrogens with one attached hydrogen (secondary N) is 1. The molecule has 2 N–H and O–H groups in total. The van der Waals surface area contributed by atoms with Gasteiger partial charge < -0.3 is 10.4 Å². The van der Waals surface area contributed by atoms with Crippen LogP contribution >= 0.6 is 15.9 Å². The molecule has 88 valence electrons. The smallest absolute Gasteiger partial charge is 0.123 e. The van der Waals surface area contributed by atoms with Crippen molar-refractivity contribution in [3.05, 3.63) is 27.2 Å². The number of phenolic OH excluding ortho intramolecular Hbond substituents is 1. The molecule has 1 saturated heterocycles. The van der Waals surface area contributed by atoms with Crippen LogP contribution in [0.15, 0.2) is 10.5 Å². The van der Waals surface area contributed by atoms with Crippen LogP contribution in [-0.4, -0.2) is 18.2 Å². The average Bonchev–Trinajstić information content (AvgIpc) is 2.74. The topological polar surface area (TPSA) is 32.3 Å². The Kier molecular flexibility index (Phi) is 3.55. The SMILES string of the molecule is Cc1cc(Br)c(C)c(O)c1CC1CCNC1. The summed E-state index contributed by atoms with van der Waals surface area (Å²) in [6.45, 7) is 6.21. The van der Waals surface area contributed by atoms with Crippen molar-refractivity contribution in [3.8, 4) is 5.75 Å². The molecule has 3 heteroatoms. The summed E-state index contributed by atoms with van der Waals surface area (Å²) in [6.07, 6.45) is 2.20. The van der Waals surface area contributed by atoms with E-state index >= 15 is 0 Å². The Bertz CT molecular complexity index is 397. The highest BCUT2D eigenvalue weighted by Gasteiger charge is 2.19. The van der Waals surface area contributed by atoms with Crippen LogP contribution in [0.2, 0.25) is 0 Å². The number of hydrogen-bond acceptors (Lipinski definition) is 2. The maximum atomic E-state index is 10.2. The Labute approximate surface area is 105 Å². The monoisotopic (exact) mass is 283 g/mol. The molecule has 0 aliphatic carbocycles. The molecule has 1 aromatic carbocycles. The third-order valence-electron chi connectivity index (χ3n) is 3.47. The van der Waals surface area contributed by atoms with E-state index in [2.05, 4.69) is 34.2 Å². The highest BCUT2D eigenvalue weighted by molar-refractivity contribution is 9.10. The van der Waals surface area contributed by atoms with Crippen LogP contribution in [0.3, 0.4) is 0 Å². The molecule has 0 bridgehead atoms. The van der Waals surface area contributed by atoms with Gasteiger partial charge in [-0.1, -0.05) is 15.9 Å². The third-order valence-corrected chi connectivity index (χ3v) is 4.30. The predicted octanol–water partition coefficient (Wildman–Crippen LogP) is 2.92. The Morgan fingerprint density at radius 2 is 2.25 bits per heavy atom. The zero-order valence-corrected chi connectivity index (χ0v) is 11.4. The quantitative estimate of drug-likeness (QED) is 0.875. The number of phenols is 1. The zero-order valence-electron chi connectivity index (χ0n) is 9.81. The molecule has 1 atom stereocenters. The molecule has 0 amide bonds. The first kappa shape index (κ1) is 11.9. The van der Waals surface area contributed by atoms with Crippen molar-refractivity contribution >= 4 is 15.9 Å². The standard InChI is InChI=1S/C13H18BrNO/c1-8-5-12(14)9(2)13(16)11(8)6-10-3-4-15-7-10/h5,10,15-16H,3-4,6-7H2,1-2H3. The highest BCUT2D eigenvalue weighted by Crippen LogP contribution is 2.34. The summed E-state index contributed by atoms with van der Waals surface area (Å²) in [4.78, 5) is 0. The third kappa shape index (κ3) is 2.25. The normalized spacial score (nSPS) is 20.3. The predicted molar refractivity (Wildman–Crippen MR) is 70.0 cm³/mol. The number of halogens is 1. The van der Waals surface area contributed by atoms with Gasteiger partial charge in [-0.2, -0.15) is 0 Å². The van der Waals surface area contributed by atoms with Crippen LogP contribution in [0.4, 0.5) is 0 Å². The first-order valence-electron chi connectivity index (χ1n) is 5.78. The van der Waals surface area contributed by atoms with Crippen molar-refractivity contribution in [1.29, 1.82) is 0 Å². The van der Waals surface area contributed by atoms with E-state index in [1.165, 1.54) is 12.0 Å². The summed E-state index contributed by atoms with van der Waals surface area (Å²) in [5, 5.41) is 13.5. The summed E-state index contributed by atoms with van der Waals surface area (Å²) in [7, 11) is 0. The Morgan fingerprint density at radius 3 is 2.88 bits per heavy atom. The molecule has 1 unspecified atom stereocenters. The molecular formula is C13H18BrNO. The summed E-state index contributed by atoms with van der Waals surface area (Å²) in [5.74, 6) is 1.14. The number of rotatable bonds is 2. The largest absolute Gasteiger partial charge is 0.507 e. The number of aryl methyl sites for hydroxylation is 1. The number of hydrogen-bond donors (Lipinski definition) is 2. The lowest BCUT2D eigenvalue weighted by molar-refractivity contribution is 0.453. The van der Waals surface area contributed by atoms with E-state index in [0.717, 1.165) is 35.1 Å². The summed E-state index contributed by atoms with van der Waals surface area (Å²) in [5.41, 5.74) is 3.25. The maximum Gasteiger partial charge on any atom is 0.123 e. The number of aromatic hydroxyl groups is 1. The Balaban J connectivity index is 2.28. The molecule has 2 rings (SSSR count). The lowest BCUT2D eigenvalue weighted by Crippen LogP contribution is -2.11. The fourth-order valence-corrected chi connectivity index (χ4v) is 2.88. The van der Waals surface area contributed by atoms with Crippen LogP contribution in [0.25, 0.3) is 0 Å². The molecule has 1 heterocycles. The lowest BCUT2D eigenvalue weighted by Gasteiger charge is -2.15.